The fraction of sp³-hybridized carbons (Fsp3) is 0.167. The molecule has 2 N–H and O–H groups in total. The predicted molar refractivity (Wildman–Crippen MR) is 129 cm³/mol. The highest BCUT2D eigenvalue weighted by atomic mass is 16.5. The molecule has 9 heteroatoms. The number of benzene rings is 1. The van der Waals surface area contributed by atoms with E-state index in [1.54, 1.807) is 18.6 Å². The summed E-state index contributed by atoms with van der Waals surface area (Å²) in [5.41, 5.74) is 7.78. The summed E-state index contributed by atoms with van der Waals surface area (Å²) in [7, 11) is 0. The van der Waals surface area contributed by atoms with Crippen molar-refractivity contribution in [3.8, 4) is 11.3 Å². The van der Waals surface area contributed by atoms with Crippen LogP contribution < -0.4 is 10.3 Å². The van der Waals surface area contributed by atoms with Gasteiger partial charge in [0.25, 0.3) is 0 Å². The lowest BCUT2D eigenvalue weighted by Crippen LogP contribution is -2.37. The van der Waals surface area contributed by atoms with E-state index >= 15 is 0 Å². The smallest absolute Gasteiger partial charge is 0.160 e. The van der Waals surface area contributed by atoms with Crippen LogP contribution in [0.2, 0.25) is 0 Å². The van der Waals surface area contributed by atoms with Gasteiger partial charge in [0.2, 0.25) is 0 Å². The lowest BCUT2D eigenvalue weighted by Gasteiger charge is -2.29. The van der Waals surface area contributed by atoms with E-state index < -0.39 is 0 Å². The number of morpholine rings is 1. The minimum Gasteiger partial charge on any atom is -0.378 e. The maximum absolute atomic E-state index is 5.54. The number of hydrazone groups is 1. The molecule has 9 nitrogen and oxygen atoms in total. The Morgan fingerprint density at radius 1 is 1.06 bits per heavy atom. The fourth-order valence-electron chi connectivity index (χ4n) is 4.07. The summed E-state index contributed by atoms with van der Waals surface area (Å²) in [5, 5.41) is 10.4. The molecule has 0 unspecified atom stereocenters. The molecule has 1 aliphatic heterocycles. The zero-order valence-electron chi connectivity index (χ0n) is 17.8. The number of rotatable bonds is 5. The van der Waals surface area contributed by atoms with Crippen molar-refractivity contribution in [2.45, 2.75) is 0 Å². The van der Waals surface area contributed by atoms with E-state index in [0.29, 0.717) is 19.0 Å². The van der Waals surface area contributed by atoms with E-state index in [4.69, 9.17) is 14.8 Å². The van der Waals surface area contributed by atoms with Crippen molar-refractivity contribution in [2.75, 3.05) is 36.6 Å². The average molecular weight is 438 g/mol. The number of para-hydroxylation sites is 1. The van der Waals surface area contributed by atoms with E-state index in [1.807, 2.05) is 53.2 Å². The Hall–Kier alpha value is -4.24. The Labute approximate surface area is 189 Å². The van der Waals surface area contributed by atoms with Gasteiger partial charge in [-0.3, -0.25) is 10.4 Å². The number of nitrogens with one attached hydrogen (secondary N) is 2. The monoisotopic (exact) mass is 438 g/mol. The average Bonchev–Trinajstić information content (AvgIpc) is 3.49. The molecule has 0 radical (unpaired) electrons. The van der Waals surface area contributed by atoms with Crippen molar-refractivity contribution in [3.63, 3.8) is 0 Å². The molecule has 1 fully saturated rings. The molecule has 4 aromatic heterocycles. The summed E-state index contributed by atoms with van der Waals surface area (Å²) < 4.78 is 7.43. The molecule has 1 aliphatic rings. The van der Waals surface area contributed by atoms with Crippen molar-refractivity contribution in [1.82, 2.24) is 24.6 Å². The van der Waals surface area contributed by atoms with Gasteiger partial charge >= 0.3 is 0 Å². The Bertz CT molecular complexity index is 1430. The first kappa shape index (κ1) is 19.4. The summed E-state index contributed by atoms with van der Waals surface area (Å²) in [5.74, 6) is 1.61. The molecule has 0 amide bonds. The van der Waals surface area contributed by atoms with E-state index in [0.717, 1.165) is 52.3 Å². The van der Waals surface area contributed by atoms with Crippen LogP contribution >= 0.6 is 0 Å². The van der Waals surface area contributed by atoms with Gasteiger partial charge in [0.05, 0.1) is 25.1 Å². The SMILES string of the molecule is C(=NNc1cc(N2CCOCC2)n2nc(-c3ccncc3)cc2n1)c1c[nH]c2ccccc12. The summed E-state index contributed by atoms with van der Waals surface area (Å²) in [4.78, 5) is 14.4. The molecule has 0 bridgehead atoms. The Morgan fingerprint density at radius 2 is 1.91 bits per heavy atom. The Balaban J connectivity index is 1.36. The number of ether oxygens (including phenoxy) is 1. The first-order valence-electron chi connectivity index (χ1n) is 10.8. The minimum absolute atomic E-state index is 0.654. The van der Waals surface area contributed by atoms with Gasteiger partial charge in [0.15, 0.2) is 11.5 Å². The molecule has 0 atom stereocenters. The number of hydrogen-bond donors (Lipinski definition) is 2. The van der Waals surface area contributed by atoms with Gasteiger partial charge < -0.3 is 14.6 Å². The summed E-state index contributed by atoms with van der Waals surface area (Å²) >= 11 is 0. The molecule has 5 heterocycles. The van der Waals surface area contributed by atoms with E-state index in [1.165, 1.54) is 0 Å². The van der Waals surface area contributed by atoms with Crippen LogP contribution in [-0.2, 0) is 4.74 Å². The van der Waals surface area contributed by atoms with Gasteiger partial charge in [0, 0.05) is 65.8 Å². The summed E-state index contributed by atoms with van der Waals surface area (Å²) in [6.45, 7) is 2.96. The number of pyridine rings is 1. The normalized spacial score (nSPS) is 14.5. The van der Waals surface area contributed by atoms with Crippen molar-refractivity contribution in [3.05, 3.63) is 72.7 Å². The molecule has 5 aromatic rings. The summed E-state index contributed by atoms with van der Waals surface area (Å²) in [6, 6.07) is 16.0. The van der Waals surface area contributed by atoms with Gasteiger partial charge in [0.1, 0.15) is 5.82 Å². The Morgan fingerprint density at radius 3 is 2.79 bits per heavy atom. The van der Waals surface area contributed by atoms with Crippen LogP contribution in [0.15, 0.2) is 72.2 Å². The van der Waals surface area contributed by atoms with Crippen molar-refractivity contribution in [2.24, 2.45) is 5.10 Å². The fourth-order valence-corrected chi connectivity index (χ4v) is 4.07. The third kappa shape index (κ3) is 3.79. The molecule has 0 spiro atoms. The van der Waals surface area contributed by atoms with Gasteiger partial charge in [-0.2, -0.15) is 14.7 Å². The highest BCUT2D eigenvalue weighted by Gasteiger charge is 2.18. The number of nitrogens with zero attached hydrogens (tertiary/aromatic N) is 6. The maximum atomic E-state index is 5.54. The third-order valence-electron chi connectivity index (χ3n) is 5.72. The number of hydrogen-bond acceptors (Lipinski definition) is 7. The zero-order chi connectivity index (χ0) is 22.0. The van der Waals surface area contributed by atoms with Gasteiger partial charge in [-0.25, -0.2) is 4.98 Å². The van der Waals surface area contributed by atoms with Crippen molar-refractivity contribution in [1.29, 1.82) is 0 Å². The number of H-pyrrole nitrogens is 1. The number of aromatic amines is 1. The van der Waals surface area contributed by atoms with Crippen molar-refractivity contribution >= 4 is 34.4 Å². The van der Waals surface area contributed by atoms with Gasteiger partial charge in [-0.15, -0.1) is 0 Å². The molecule has 1 saturated heterocycles. The van der Waals surface area contributed by atoms with Crippen LogP contribution in [0.5, 0.6) is 0 Å². The van der Waals surface area contributed by atoms with Crippen LogP contribution in [0, 0.1) is 0 Å². The maximum Gasteiger partial charge on any atom is 0.160 e. The largest absolute Gasteiger partial charge is 0.378 e. The quantitative estimate of drug-likeness (QED) is 0.322. The van der Waals surface area contributed by atoms with Crippen LogP contribution in [0.1, 0.15) is 5.56 Å². The van der Waals surface area contributed by atoms with Crippen LogP contribution in [-0.4, -0.2) is 57.1 Å². The van der Waals surface area contributed by atoms with E-state index in [2.05, 4.69) is 31.5 Å². The lowest BCUT2D eigenvalue weighted by atomic mass is 10.2. The minimum atomic E-state index is 0.654. The molecule has 1 aromatic carbocycles. The summed E-state index contributed by atoms with van der Waals surface area (Å²) in [6.07, 6.45) is 7.28. The topological polar surface area (TPSA) is 95.7 Å². The van der Waals surface area contributed by atoms with Crippen LogP contribution in [0.25, 0.3) is 27.8 Å². The van der Waals surface area contributed by atoms with Gasteiger partial charge in [-0.05, 0) is 18.2 Å². The molecule has 0 aliphatic carbocycles. The molecule has 33 heavy (non-hydrogen) atoms. The van der Waals surface area contributed by atoms with Gasteiger partial charge in [-0.1, -0.05) is 18.2 Å². The van der Waals surface area contributed by atoms with E-state index in [-0.39, 0.29) is 0 Å². The second-order valence-electron chi connectivity index (χ2n) is 7.79. The second-order valence-corrected chi connectivity index (χ2v) is 7.79. The molecular formula is C24H22N8O. The van der Waals surface area contributed by atoms with Crippen LogP contribution in [0.4, 0.5) is 11.6 Å². The first-order valence-corrected chi connectivity index (χ1v) is 10.8. The number of aromatic nitrogens is 5. The highest BCUT2D eigenvalue weighted by molar-refractivity contribution is 5.99. The molecule has 6 rings (SSSR count). The first-order chi connectivity index (χ1) is 16.3. The van der Waals surface area contributed by atoms with Crippen molar-refractivity contribution < 1.29 is 4.74 Å². The molecule has 0 saturated carbocycles. The standard InChI is InChI=1S/C24H22N8O/c1-2-4-20-19(3-1)18(15-26-20)16-27-29-22-14-24(31-9-11-33-12-10-31)32-23(28-22)13-21(30-32)17-5-7-25-8-6-17/h1-8,13-16,26H,9-12H2,(H,28,29). The number of anilines is 2. The number of fused-ring (bicyclic) bond motifs is 2. The van der Waals surface area contributed by atoms with E-state index in [9.17, 15) is 0 Å². The third-order valence-corrected chi connectivity index (χ3v) is 5.72. The second kappa shape index (κ2) is 8.36. The molecular weight excluding hydrogens is 416 g/mol. The lowest BCUT2D eigenvalue weighted by molar-refractivity contribution is 0.122. The van der Waals surface area contributed by atoms with Crippen LogP contribution in [0.3, 0.4) is 0 Å². The molecule has 164 valence electrons. The Kier molecular flexibility index (Phi) is 4.93. The predicted octanol–water partition coefficient (Wildman–Crippen LogP) is 3.56. The zero-order valence-corrected chi connectivity index (χ0v) is 17.8. The highest BCUT2D eigenvalue weighted by Crippen LogP contribution is 2.25.